The second-order valence-corrected chi connectivity index (χ2v) is 2.83. The van der Waals surface area contributed by atoms with Crippen LogP contribution >= 0.6 is 0 Å². The molecule has 0 aliphatic carbocycles. The molecule has 0 radical (unpaired) electrons. The summed E-state index contributed by atoms with van der Waals surface area (Å²) >= 11 is 0. The SMILES string of the molecule is C/C=C/C(=O)c1ccc(F)c(C)c1. The van der Waals surface area contributed by atoms with E-state index in [0.29, 0.717) is 11.1 Å². The summed E-state index contributed by atoms with van der Waals surface area (Å²) in [5.74, 6) is -0.373. The molecule has 13 heavy (non-hydrogen) atoms. The first-order chi connectivity index (χ1) is 6.15. The van der Waals surface area contributed by atoms with Crippen molar-refractivity contribution in [2.24, 2.45) is 0 Å². The second-order valence-electron chi connectivity index (χ2n) is 2.83. The summed E-state index contributed by atoms with van der Waals surface area (Å²) in [7, 11) is 0. The van der Waals surface area contributed by atoms with Crippen molar-refractivity contribution < 1.29 is 9.18 Å². The van der Waals surface area contributed by atoms with Gasteiger partial charge in [-0.2, -0.15) is 0 Å². The average Bonchev–Trinajstić information content (AvgIpc) is 2.10. The van der Waals surface area contributed by atoms with E-state index in [1.807, 2.05) is 0 Å². The first-order valence-corrected chi connectivity index (χ1v) is 4.08. The van der Waals surface area contributed by atoms with Crippen LogP contribution in [0.1, 0.15) is 22.8 Å². The monoisotopic (exact) mass is 178 g/mol. The summed E-state index contributed by atoms with van der Waals surface area (Å²) in [6.45, 7) is 3.41. The Balaban J connectivity index is 3.04. The highest BCUT2D eigenvalue weighted by atomic mass is 19.1. The Morgan fingerprint density at radius 1 is 1.46 bits per heavy atom. The molecule has 0 fully saturated rings. The van der Waals surface area contributed by atoms with Gasteiger partial charge in [-0.25, -0.2) is 4.39 Å². The Bertz CT molecular complexity index is 353. The third-order valence-corrected chi connectivity index (χ3v) is 1.76. The molecule has 0 aliphatic heterocycles. The van der Waals surface area contributed by atoms with E-state index in [1.54, 1.807) is 26.0 Å². The van der Waals surface area contributed by atoms with E-state index < -0.39 is 0 Å². The van der Waals surface area contributed by atoms with Gasteiger partial charge < -0.3 is 0 Å². The lowest BCUT2D eigenvalue weighted by Crippen LogP contribution is -1.95. The number of aryl methyl sites for hydroxylation is 1. The van der Waals surface area contributed by atoms with Gasteiger partial charge in [0.05, 0.1) is 0 Å². The second kappa shape index (κ2) is 3.99. The maximum Gasteiger partial charge on any atom is 0.185 e. The fraction of sp³-hybridized carbons (Fsp3) is 0.182. The van der Waals surface area contributed by atoms with Crippen LogP contribution in [0.2, 0.25) is 0 Å². The average molecular weight is 178 g/mol. The van der Waals surface area contributed by atoms with Crippen LogP contribution in [-0.2, 0) is 0 Å². The highest BCUT2D eigenvalue weighted by Crippen LogP contribution is 2.10. The summed E-state index contributed by atoms with van der Waals surface area (Å²) < 4.78 is 12.8. The van der Waals surface area contributed by atoms with Crippen molar-refractivity contribution in [3.63, 3.8) is 0 Å². The van der Waals surface area contributed by atoms with Gasteiger partial charge >= 0.3 is 0 Å². The number of hydrogen-bond donors (Lipinski definition) is 0. The number of rotatable bonds is 2. The standard InChI is InChI=1S/C11H11FO/c1-3-4-11(13)9-5-6-10(12)8(2)7-9/h3-7H,1-2H3/b4-3+. The first-order valence-electron chi connectivity index (χ1n) is 4.08. The van der Waals surface area contributed by atoms with Gasteiger partial charge in [-0.15, -0.1) is 0 Å². The van der Waals surface area contributed by atoms with Crippen LogP contribution in [0, 0.1) is 12.7 Å². The van der Waals surface area contributed by atoms with Crippen LogP contribution in [0.5, 0.6) is 0 Å². The van der Waals surface area contributed by atoms with Gasteiger partial charge in [0.2, 0.25) is 0 Å². The number of carbonyl (C=O) groups is 1. The molecule has 2 heteroatoms. The maximum absolute atomic E-state index is 12.8. The lowest BCUT2D eigenvalue weighted by Gasteiger charge is -1.98. The molecule has 68 valence electrons. The summed E-state index contributed by atoms with van der Waals surface area (Å²) in [4.78, 5) is 11.3. The predicted molar refractivity (Wildman–Crippen MR) is 50.3 cm³/mol. The largest absolute Gasteiger partial charge is 0.289 e. The van der Waals surface area contributed by atoms with Crippen molar-refractivity contribution in [3.8, 4) is 0 Å². The molecular formula is C11H11FO. The smallest absolute Gasteiger partial charge is 0.185 e. The van der Waals surface area contributed by atoms with Gasteiger partial charge in [-0.3, -0.25) is 4.79 Å². The number of carbonyl (C=O) groups excluding carboxylic acids is 1. The molecule has 0 spiro atoms. The third-order valence-electron chi connectivity index (χ3n) is 1.76. The molecule has 0 amide bonds. The quantitative estimate of drug-likeness (QED) is 0.502. The van der Waals surface area contributed by atoms with Gasteiger partial charge in [0, 0.05) is 5.56 Å². The number of hydrogen-bond acceptors (Lipinski definition) is 1. The van der Waals surface area contributed by atoms with Crippen LogP contribution in [0.4, 0.5) is 4.39 Å². The Labute approximate surface area is 76.9 Å². The number of halogens is 1. The summed E-state index contributed by atoms with van der Waals surface area (Å²) in [6.07, 6.45) is 3.13. The minimum Gasteiger partial charge on any atom is -0.289 e. The van der Waals surface area contributed by atoms with Crippen LogP contribution < -0.4 is 0 Å². The minimum absolute atomic E-state index is 0.0920. The number of allylic oxidation sites excluding steroid dienone is 2. The van der Waals surface area contributed by atoms with Crippen molar-refractivity contribution in [2.45, 2.75) is 13.8 Å². The highest BCUT2D eigenvalue weighted by Gasteiger charge is 2.03. The maximum atomic E-state index is 12.8. The fourth-order valence-electron chi connectivity index (χ4n) is 1.05. The topological polar surface area (TPSA) is 17.1 Å². The van der Waals surface area contributed by atoms with Crippen LogP contribution in [-0.4, -0.2) is 5.78 Å². The van der Waals surface area contributed by atoms with Gasteiger partial charge in [-0.1, -0.05) is 6.08 Å². The molecule has 0 unspecified atom stereocenters. The molecule has 0 bridgehead atoms. The van der Waals surface area contributed by atoms with Crippen LogP contribution in [0.25, 0.3) is 0 Å². The molecule has 0 aromatic heterocycles. The Morgan fingerprint density at radius 3 is 2.69 bits per heavy atom. The van der Waals surface area contributed by atoms with E-state index in [-0.39, 0.29) is 11.6 Å². The minimum atomic E-state index is -0.281. The van der Waals surface area contributed by atoms with Gasteiger partial charge in [0.1, 0.15) is 5.82 Å². The molecule has 0 N–H and O–H groups in total. The molecule has 0 heterocycles. The number of ketones is 1. The van der Waals surface area contributed by atoms with Crippen molar-refractivity contribution in [1.82, 2.24) is 0 Å². The van der Waals surface area contributed by atoms with Gasteiger partial charge in [-0.05, 0) is 43.7 Å². The van der Waals surface area contributed by atoms with E-state index in [4.69, 9.17) is 0 Å². The first kappa shape index (κ1) is 9.65. The molecule has 0 saturated carbocycles. The zero-order valence-electron chi connectivity index (χ0n) is 7.67. The third kappa shape index (κ3) is 2.25. The zero-order chi connectivity index (χ0) is 9.84. The summed E-state index contributed by atoms with van der Waals surface area (Å²) in [5.41, 5.74) is 1.02. The molecule has 1 nitrogen and oxygen atoms in total. The lowest BCUT2D eigenvalue weighted by molar-refractivity contribution is 0.104. The van der Waals surface area contributed by atoms with Crippen molar-refractivity contribution in [3.05, 3.63) is 47.3 Å². The molecule has 1 aromatic carbocycles. The van der Waals surface area contributed by atoms with E-state index in [1.165, 1.54) is 18.2 Å². The summed E-state index contributed by atoms with van der Waals surface area (Å²) in [6, 6.07) is 4.36. The van der Waals surface area contributed by atoms with E-state index >= 15 is 0 Å². The Kier molecular flexibility index (Phi) is 2.96. The molecule has 0 aliphatic rings. The van der Waals surface area contributed by atoms with E-state index in [9.17, 15) is 9.18 Å². The van der Waals surface area contributed by atoms with Crippen LogP contribution in [0.15, 0.2) is 30.4 Å². The lowest BCUT2D eigenvalue weighted by atomic mass is 10.1. The normalized spacial score (nSPS) is 10.7. The predicted octanol–water partition coefficient (Wildman–Crippen LogP) is 2.89. The van der Waals surface area contributed by atoms with Crippen molar-refractivity contribution in [1.29, 1.82) is 0 Å². The molecular weight excluding hydrogens is 167 g/mol. The molecule has 0 saturated heterocycles. The summed E-state index contributed by atoms with van der Waals surface area (Å²) in [5, 5.41) is 0. The zero-order valence-corrected chi connectivity index (χ0v) is 7.67. The fourth-order valence-corrected chi connectivity index (χ4v) is 1.05. The van der Waals surface area contributed by atoms with E-state index in [2.05, 4.69) is 0 Å². The van der Waals surface area contributed by atoms with E-state index in [0.717, 1.165) is 0 Å². The number of benzene rings is 1. The van der Waals surface area contributed by atoms with Gasteiger partial charge in [0.15, 0.2) is 5.78 Å². The van der Waals surface area contributed by atoms with Crippen LogP contribution in [0.3, 0.4) is 0 Å². The Hall–Kier alpha value is -1.44. The molecule has 1 rings (SSSR count). The highest BCUT2D eigenvalue weighted by molar-refractivity contribution is 6.04. The molecule has 0 atom stereocenters. The van der Waals surface area contributed by atoms with Crippen molar-refractivity contribution in [2.75, 3.05) is 0 Å². The Morgan fingerprint density at radius 2 is 2.15 bits per heavy atom. The van der Waals surface area contributed by atoms with Gasteiger partial charge in [0.25, 0.3) is 0 Å². The molecule has 1 aromatic rings. The van der Waals surface area contributed by atoms with Crippen molar-refractivity contribution >= 4 is 5.78 Å².